The lowest BCUT2D eigenvalue weighted by atomic mass is 10.2. The van der Waals surface area contributed by atoms with Crippen molar-refractivity contribution in [2.75, 3.05) is 32.8 Å². The second-order valence-electron chi connectivity index (χ2n) is 4.55. The van der Waals surface area contributed by atoms with Crippen LogP contribution in [-0.2, 0) is 11.3 Å². The normalized spacial score (nSPS) is 11.1. The average Bonchev–Trinajstić information content (AvgIpc) is 2.41. The molecule has 3 heteroatoms. The summed E-state index contributed by atoms with van der Waals surface area (Å²) < 4.78 is 6.93. The van der Waals surface area contributed by atoms with E-state index >= 15 is 0 Å². The SMILES string of the molecule is CC[N+](CC)(CC)CCOCc1ccccc1.[I-]. The van der Waals surface area contributed by atoms with Crippen LogP contribution in [0.1, 0.15) is 26.3 Å². The molecule has 0 aliphatic rings. The van der Waals surface area contributed by atoms with E-state index < -0.39 is 0 Å². The summed E-state index contributed by atoms with van der Waals surface area (Å²) >= 11 is 0. The molecule has 0 radical (unpaired) electrons. The van der Waals surface area contributed by atoms with E-state index in [0.29, 0.717) is 0 Å². The first-order valence-corrected chi connectivity index (χ1v) is 6.73. The highest BCUT2D eigenvalue weighted by Gasteiger charge is 2.19. The monoisotopic (exact) mass is 363 g/mol. The third-order valence-electron chi connectivity index (χ3n) is 3.83. The third-order valence-corrected chi connectivity index (χ3v) is 3.83. The van der Waals surface area contributed by atoms with Crippen LogP contribution in [0.4, 0.5) is 0 Å². The minimum Gasteiger partial charge on any atom is -1.00 e. The number of halogens is 1. The number of ether oxygens (including phenoxy) is 1. The Kier molecular flexibility index (Phi) is 9.68. The summed E-state index contributed by atoms with van der Waals surface area (Å²) in [5.41, 5.74) is 1.26. The molecular formula is C15H26INO. The first-order valence-electron chi connectivity index (χ1n) is 6.73. The smallest absolute Gasteiger partial charge is 0.102 e. The summed E-state index contributed by atoms with van der Waals surface area (Å²) in [6.07, 6.45) is 0. The molecule has 1 aromatic rings. The van der Waals surface area contributed by atoms with Crippen molar-refractivity contribution in [1.29, 1.82) is 0 Å². The molecule has 0 saturated carbocycles. The molecule has 0 N–H and O–H groups in total. The molecule has 1 rings (SSSR count). The fourth-order valence-electron chi connectivity index (χ4n) is 2.17. The standard InChI is InChI=1S/C15H26NO.HI/c1-4-16(5-2,6-3)12-13-17-14-15-10-8-7-9-11-15;/h7-11H,4-6,12-14H2,1-3H3;1H/q+1;/p-1. The summed E-state index contributed by atoms with van der Waals surface area (Å²) in [4.78, 5) is 0. The average molecular weight is 363 g/mol. The number of benzene rings is 1. The van der Waals surface area contributed by atoms with E-state index in [0.717, 1.165) is 24.2 Å². The highest BCUT2D eigenvalue weighted by atomic mass is 127. The van der Waals surface area contributed by atoms with Crippen LogP contribution < -0.4 is 24.0 Å². The van der Waals surface area contributed by atoms with E-state index in [-0.39, 0.29) is 24.0 Å². The summed E-state index contributed by atoms with van der Waals surface area (Å²) in [5.74, 6) is 0. The molecule has 0 bridgehead atoms. The number of hydrogen-bond acceptors (Lipinski definition) is 1. The molecule has 0 aromatic heterocycles. The fraction of sp³-hybridized carbons (Fsp3) is 0.600. The molecule has 0 amide bonds. The van der Waals surface area contributed by atoms with Crippen molar-refractivity contribution in [3.8, 4) is 0 Å². The summed E-state index contributed by atoms with van der Waals surface area (Å²) in [6.45, 7) is 13.1. The predicted molar refractivity (Wildman–Crippen MR) is 72.8 cm³/mol. The molecule has 0 aliphatic heterocycles. The van der Waals surface area contributed by atoms with Crippen LogP contribution in [0.2, 0.25) is 0 Å². The second-order valence-corrected chi connectivity index (χ2v) is 4.55. The molecule has 0 heterocycles. The van der Waals surface area contributed by atoms with Crippen molar-refractivity contribution in [2.45, 2.75) is 27.4 Å². The maximum atomic E-state index is 5.77. The van der Waals surface area contributed by atoms with Gasteiger partial charge in [-0.2, -0.15) is 0 Å². The van der Waals surface area contributed by atoms with Gasteiger partial charge in [-0.05, 0) is 26.3 Å². The highest BCUT2D eigenvalue weighted by Crippen LogP contribution is 2.06. The highest BCUT2D eigenvalue weighted by molar-refractivity contribution is 5.13. The van der Waals surface area contributed by atoms with E-state index in [1.807, 2.05) is 6.07 Å². The first kappa shape index (κ1) is 17.9. The van der Waals surface area contributed by atoms with Crippen LogP contribution >= 0.6 is 0 Å². The maximum absolute atomic E-state index is 5.77. The lowest BCUT2D eigenvalue weighted by Gasteiger charge is -2.35. The zero-order valence-corrected chi connectivity index (χ0v) is 14.0. The van der Waals surface area contributed by atoms with E-state index in [4.69, 9.17) is 4.74 Å². The Hall–Kier alpha value is -0.130. The molecule has 2 nitrogen and oxygen atoms in total. The van der Waals surface area contributed by atoms with Crippen LogP contribution in [0.5, 0.6) is 0 Å². The fourth-order valence-corrected chi connectivity index (χ4v) is 2.17. The van der Waals surface area contributed by atoms with Gasteiger partial charge in [0.15, 0.2) is 0 Å². The third kappa shape index (κ3) is 5.67. The van der Waals surface area contributed by atoms with Crippen LogP contribution in [0.3, 0.4) is 0 Å². The van der Waals surface area contributed by atoms with E-state index in [2.05, 4.69) is 45.0 Å². The summed E-state index contributed by atoms with van der Waals surface area (Å²) in [6, 6.07) is 10.4. The number of rotatable bonds is 8. The molecule has 0 spiro atoms. The molecule has 1 aromatic carbocycles. The van der Waals surface area contributed by atoms with Crippen LogP contribution in [0, 0.1) is 0 Å². The Morgan fingerprint density at radius 1 is 0.944 bits per heavy atom. The summed E-state index contributed by atoms with van der Waals surface area (Å²) in [5, 5.41) is 0. The molecule has 0 aliphatic carbocycles. The van der Waals surface area contributed by atoms with Crippen LogP contribution in [0.15, 0.2) is 30.3 Å². The lowest BCUT2D eigenvalue weighted by molar-refractivity contribution is -0.923. The summed E-state index contributed by atoms with van der Waals surface area (Å²) in [7, 11) is 0. The van der Waals surface area contributed by atoms with Gasteiger partial charge in [-0.25, -0.2) is 0 Å². The van der Waals surface area contributed by atoms with Crippen molar-refractivity contribution in [2.24, 2.45) is 0 Å². The number of hydrogen-bond donors (Lipinski definition) is 0. The van der Waals surface area contributed by atoms with Gasteiger partial charge in [0.2, 0.25) is 0 Å². The number of nitrogens with zero attached hydrogens (tertiary/aromatic N) is 1. The van der Waals surface area contributed by atoms with E-state index in [1.54, 1.807) is 0 Å². The van der Waals surface area contributed by atoms with Crippen molar-refractivity contribution in [3.05, 3.63) is 35.9 Å². The van der Waals surface area contributed by atoms with Gasteiger partial charge in [-0.15, -0.1) is 0 Å². The van der Waals surface area contributed by atoms with E-state index in [1.165, 1.54) is 25.2 Å². The minimum atomic E-state index is 0. The molecule has 0 fully saturated rings. The topological polar surface area (TPSA) is 9.23 Å². The van der Waals surface area contributed by atoms with Gasteiger partial charge < -0.3 is 33.2 Å². The molecule has 0 unspecified atom stereocenters. The largest absolute Gasteiger partial charge is 1.00 e. The number of likely N-dealkylation sites (N-methyl/N-ethyl adjacent to an activating group) is 1. The van der Waals surface area contributed by atoms with Crippen molar-refractivity contribution in [1.82, 2.24) is 0 Å². The lowest BCUT2D eigenvalue weighted by Crippen LogP contribution is -3.00. The Balaban J connectivity index is 0.00000289. The Bertz CT molecular complexity index is 290. The van der Waals surface area contributed by atoms with E-state index in [9.17, 15) is 0 Å². The van der Waals surface area contributed by atoms with Gasteiger partial charge in [0.05, 0.1) is 32.8 Å². The van der Waals surface area contributed by atoms with Crippen LogP contribution in [0.25, 0.3) is 0 Å². The number of quaternary nitrogens is 1. The predicted octanol–water partition coefficient (Wildman–Crippen LogP) is 0.0837. The van der Waals surface area contributed by atoms with Crippen molar-refractivity contribution < 1.29 is 33.2 Å². The van der Waals surface area contributed by atoms with Gasteiger partial charge in [0, 0.05) is 0 Å². The zero-order valence-electron chi connectivity index (χ0n) is 11.9. The second kappa shape index (κ2) is 9.75. The molecular weight excluding hydrogens is 337 g/mol. The Morgan fingerprint density at radius 2 is 1.50 bits per heavy atom. The van der Waals surface area contributed by atoms with Gasteiger partial charge in [-0.1, -0.05) is 30.3 Å². The molecule has 0 atom stereocenters. The van der Waals surface area contributed by atoms with Gasteiger partial charge in [0.25, 0.3) is 0 Å². The maximum Gasteiger partial charge on any atom is 0.102 e. The van der Waals surface area contributed by atoms with Crippen molar-refractivity contribution >= 4 is 0 Å². The van der Waals surface area contributed by atoms with Crippen molar-refractivity contribution in [3.63, 3.8) is 0 Å². The van der Waals surface area contributed by atoms with Crippen LogP contribution in [-0.4, -0.2) is 37.3 Å². The molecule has 0 saturated heterocycles. The van der Waals surface area contributed by atoms with Gasteiger partial charge in [0.1, 0.15) is 6.54 Å². The minimum absolute atomic E-state index is 0. The molecule has 18 heavy (non-hydrogen) atoms. The molecule has 104 valence electrons. The Labute approximate surface area is 129 Å². The van der Waals surface area contributed by atoms with Gasteiger partial charge >= 0.3 is 0 Å². The zero-order chi connectivity index (χ0) is 12.6. The first-order chi connectivity index (χ1) is 8.26. The van der Waals surface area contributed by atoms with Gasteiger partial charge in [-0.3, -0.25) is 0 Å². The quantitative estimate of drug-likeness (QED) is 0.361. The Morgan fingerprint density at radius 3 is 2.00 bits per heavy atom.